The number of carbonyl (C=O) groups excluding carboxylic acids is 1. The van der Waals surface area contributed by atoms with Crippen molar-refractivity contribution in [3.05, 3.63) is 18.0 Å². The summed E-state index contributed by atoms with van der Waals surface area (Å²) in [5.74, 6) is -0.614. The molecule has 0 unspecified atom stereocenters. The van der Waals surface area contributed by atoms with Crippen molar-refractivity contribution >= 4 is 14.2 Å². The molecule has 2 rings (SSSR count). The van der Waals surface area contributed by atoms with Crippen molar-refractivity contribution in [2.24, 2.45) is 0 Å². The number of methoxy groups -OCH3 is 2. The smallest absolute Gasteiger partial charge is 0.274 e. The number of nitrogens with one attached hydrogen (secondary N) is 1. The largest absolute Gasteiger partial charge is 0.503 e. The maximum absolute atomic E-state index is 12.8. The standard InChI is InChI=1S/C20H34N2O6Si/c1-12-18(26-6)13(11-15(27-12)28-29(7,8)20(2,3)4)22-19(24)16-17(23)14(25-5)9-10-21-16/h9-10,12-13,15,18,23H,11H2,1-8H3,(H,22,24)/t12-,13+,15+,18-/m0/s1. The number of hydrogen-bond acceptors (Lipinski definition) is 7. The number of aromatic nitrogens is 1. The summed E-state index contributed by atoms with van der Waals surface area (Å²) in [7, 11) is 0.944. The number of amides is 1. The molecule has 1 aromatic heterocycles. The molecule has 164 valence electrons. The Morgan fingerprint density at radius 3 is 2.55 bits per heavy atom. The highest BCUT2D eigenvalue weighted by atomic mass is 28.4. The van der Waals surface area contributed by atoms with Gasteiger partial charge in [0.05, 0.1) is 19.3 Å². The first-order chi connectivity index (χ1) is 13.4. The molecule has 29 heavy (non-hydrogen) atoms. The molecule has 0 aromatic carbocycles. The molecule has 0 spiro atoms. The van der Waals surface area contributed by atoms with Crippen LogP contribution in [0.2, 0.25) is 18.1 Å². The summed E-state index contributed by atoms with van der Waals surface area (Å²) in [4.78, 5) is 16.8. The van der Waals surface area contributed by atoms with Gasteiger partial charge in [-0.1, -0.05) is 20.8 Å². The van der Waals surface area contributed by atoms with Crippen LogP contribution >= 0.6 is 0 Å². The fraction of sp³-hybridized carbons (Fsp3) is 0.700. The molecule has 4 atom stereocenters. The summed E-state index contributed by atoms with van der Waals surface area (Å²) in [5.41, 5.74) is -0.0970. The second-order valence-electron chi connectivity index (χ2n) is 8.88. The number of hydrogen-bond donors (Lipinski definition) is 2. The average molecular weight is 427 g/mol. The highest BCUT2D eigenvalue weighted by Gasteiger charge is 2.44. The van der Waals surface area contributed by atoms with E-state index >= 15 is 0 Å². The van der Waals surface area contributed by atoms with Gasteiger partial charge >= 0.3 is 0 Å². The van der Waals surface area contributed by atoms with Crippen LogP contribution in [0.1, 0.15) is 44.6 Å². The van der Waals surface area contributed by atoms with Crippen molar-refractivity contribution in [3.63, 3.8) is 0 Å². The number of rotatable bonds is 6. The SMILES string of the molecule is COc1ccnc(C(=O)N[C@@H]2C[C@@H](O[Si](C)(C)C(C)(C)C)O[C@@H](C)[C@@H]2OC)c1O. The predicted octanol–water partition coefficient (Wildman–Crippen LogP) is 3.07. The van der Waals surface area contributed by atoms with E-state index in [1.165, 1.54) is 19.4 Å². The molecule has 1 aromatic rings. The van der Waals surface area contributed by atoms with E-state index in [4.69, 9.17) is 18.6 Å². The third-order valence-corrected chi connectivity index (χ3v) is 10.3. The zero-order chi connectivity index (χ0) is 22.0. The first-order valence-corrected chi connectivity index (χ1v) is 12.7. The maximum Gasteiger partial charge on any atom is 0.274 e. The Balaban J connectivity index is 2.19. The molecule has 2 N–H and O–H groups in total. The Morgan fingerprint density at radius 1 is 1.34 bits per heavy atom. The first-order valence-electron chi connectivity index (χ1n) is 9.80. The van der Waals surface area contributed by atoms with Gasteiger partial charge in [-0.15, -0.1) is 0 Å². The van der Waals surface area contributed by atoms with Gasteiger partial charge in [0.1, 0.15) is 12.4 Å². The Labute approximate surface area is 174 Å². The molecule has 1 aliphatic heterocycles. The Hall–Kier alpha value is -1.68. The van der Waals surface area contributed by atoms with Crippen molar-refractivity contribution in [1.82, 2.24) is 10.3 Å². The summed E-state index contributed by atoms with van der Waals surface area (Å²) in [5, 5.41) is 13.2. The molecular weight excluding hydrogens is 392 g/mol. The lowest BCUT2D eigenvalue weighted by molar-refractivity contribution is -0.200. The molecule has 0 aliphatic carbocycles. The normalized spacial score (nSPS) is 25.5. The van der Waals surface area contributed by atoms with Crippen molar-refractivity contribution in [3.8, 4) is 11.5 Å². The second-order valence-corrected chi connectivity index (χ2v) is 13.6. The Kier molecular flexibility index (Phi) is 7.31. The number of nitrogens with zero attached hydrogens (tertiary/aromatic N) is 1. The lowest BCUT2D eigenvalue weighted by Gasteiger charge is -2.45. The van der Waals surface area contributed by atoms with Gasteiger partial charge in [0, 0.05) is 25.8 Å². The lowest BCUT2D eigenvalue weighted by atomic mass is 9.99. The fourth-order valence-corrected chi connectivity index (χ4v) is 4.29. The third-order valence-electron chi connectivity index (χ3n) is 5.82. The van der Waals surface area contributed by atoms with Gasteiger partial charge in [-0.3, -0.25) is 4.79 Å². The zero-order valence-electron chi connectivity index (χ0n) is 18.6. The number of carbonyl (C=O) groups is 1. The number of aromatic hydroxyl groups is 1. The van der Waals surface area contributed by atoms with Gasteiger partial charge in [0.15, 0.2) is 25.5 Å². The topological polar surface area (TPSA) is 99.1 Å². The lowest BCUT2D eigenvalue weighted by Crippen LogP contribution is -2.58. The second kappa shape index (κ2) is 8.99. The molecule has 0 bridgehead atoms. The molecule has 1 saturated heterocycles. The molecule has 2 heterocycles. The summed E-state index contributed by atoms with van der Waals surface area (Å²) in [6, 6.07) is 1.13. The average Bonchev–Trinajstić information content (AvgIpc) is 2.60. The van der Waals surface area contributed by atoms with Crippen LogP contribution in [0.15, 0.2) is 12.3 Å². The van der Waals surface area contributed by atoms with E-state index in [2.05, 4.69) is 44.2 Å². The molecule has 1 amide bonds. The van der Waals surface area contributed by atoms with E-state index in [1.807, 2.05) is 6.92 Å². The fourth-order valence-electron chi connectivity index (χ4n) is 3.12. The van der Waals surface area contributed by atoms with Gasteiger partial charge in [0.25, 0.3) is 5.91 Å². The molecule has 1 fully saturated rings. The highest BCUT2D eigenvalue weighted by molar-refractivity contribution is 6.74. The van der Waals surface area contributed by atoms with Crippen molar-refractivity contribution < 1.29 is 28.5 Å². The summed E-state index contributed by atoms with van der Waals surface area (Å²) in [6.45, 7) is 12.7. The van der Waals surface area contributed by atoms with Crippen molar-refractivity contribution in [2.45, 2.75) is 76.8 Å². The zero-order valence-corrected chi connectivity index (χ0v) is 19.6. The van der Waals surface area contributed by atoms with Crippen molar-refractivity contribution in [1.29, 1.82) is 0 Å². The van der Waals surface area contributed by atoms with E-state index < -0.39 is 20.5 Å². The van der Waals surface area contributed by atoms with Crippen LogP contribution in [0.3, 0.4) is 0 Å². The molecule has 1 aliphatic rings. The minimum Gasteiger partial charge on any atom is -0.503 e. The number of pyridine rings is 1. The molecule has 0 radical (unpaired) electrons. The molecule has 0 saturated carbocycles. The van der Waals surface area contributed by atoms with E-state index in [-0.39, 0.29) is 40.5 Å². The third kappa shape index (κ3) is 5.27. The van der Waals surface area contributed by atoms with Gasteiger partial charge in [0.2, 0.25) is 0 Å². The van der Waals surface area contributed by atoms with Gasteiger partial charge in [-0.25, -0.2) is 4.98 Å². The molecular formula is C20H34N2O6Si. The van der Waals surface area contributed by atoms with E-state index in [0.717, 1.165) is 0 Å². The van der Waals surface area contributed by atoms with Gasteiger partial charge in [-0.2, -0.15) is 0 Å². The highest BCUT2D eigenvalue weighted by Crippen LogP contribution is 2.39. The van der Waals surface area contributed by atoms with Crippen LogP contribution in [0, 0.1) is 0 Å². The maximum atomic E-state index is 12.8. The van der Waals surface area contributed by atoms with Crippen LogP contribution in [0.25, 0.3) is 0 Å². The predicted molar refractivity (Wildman–Crippen MR) is 112 cm³/mol. The van der Waals surface area contributed by atoms with Crippen molar-refractivity contribution in [2.75, 3.05) is 14.2 Å². The summed E-state index contributed by atoms with van der Waals surface area (Å²) < 4.78 is 23.1. The minimum absolute atomic E-state index is 0.0345. The number of ether oxygens (including phenoxy) is 3. The van der Waals surface area contributed by atoms with Crippen LogP contribution in [0.4, 0.5) is 0 Å². The Bertz CT molecular complexity index is 721. The summed E-state index contributed by atoms with van der Waals surface area (Å²) in [6.07, 6.45) is 0.768. The van der Waals surface area contributed by atoms with Crippen LogP contribution in [0.5, 0.6) is 11.5 Å². The van der Waals surface area contributed by atoms with E-state index in [1.54, 1.807) is 7.11 Å². The monoisotopic (exact) mass is 426 g/mol. The van der Waals surface area contributed by atoms with E-state index in [0.29, 0.717) is 6.42 Å². The van der Waals surface area contributed by atoms with Gasteiger partial charge < -0.3 is 29.1 Å². The summed E-state index contributed by atoms with van der Waals surface area (Å²) >= 11 is 0. The van der Waals surface area contributed by atoms with Crippen LogP contribution < -0.4 is 10.1 Å². The van der Waals surface area contributed by atoms with Gasteiger partial charge in [-0.05, 0) is 25.1 Å². The van der Waals surface area contributed by atoms with Crippen LogP contribution in [-0.2, 0) is 13.9 Å². The Morgan fingerprint density at radius 2 is 2.00 bits per heavy atom. The minimum atomic E-state index is -2.06. The van der Waals surface area contributed by atoms with E-state index in [9.17, 15) is 9.90 Å². The molecule has 8 nitrogen and oxygen atoms in total. The first kappa shape index (κ1) is 23.6. The van der Waals surface area contributed by atoms with Crippen LogP contribution in [-0.4, -0.2) is 63.1 Å². The molecule has 9 heteroatoms. The quantitative estimate of drug-likeness (QED) is 0.675.